The van der Waals surface area contributed by atoms with Crippen molar-refractivity contribution >= 4 is 31.3 Å². The Balaban J connectivity index is 2.23. The van der Waals surface area contributed by atoms with Gasteiger partial charge in [-0.05, 0) is 0 Å². The van der Waals surface area contributed by atoms with E-state index in [1.54, 1.807) is 0 Å². The molecule has 0 bridgehead atoms. The smallest absolute Gasteiger partial charge is 0.396 e. The Morgan fingerprint density at radius 2 is 2.00 bits per heavy atom. The second-order valence-corrected chi connectivity index (χ2v) is 10.1. The number of H-pyrrole nitrogens is 1. The van der Waals surface area contributed by atoms with Crippen molar-refractivity contribution in [2.45, 2.75) is 30.1 Å². The summed E-state index contributed by atoms with van der Waals surface area (Å²) in [5, 5.41) is 27.8. The summed E-state index contributed by atoms with van der Waals surface area (Å²) in [6, 6.07) is 0. The minimum absolute atomic E-state index is 0.0240. The molecule has 1 saturated heterocycles. The van der Waals surface area contributed by atoms with Gasteiger partial charge in [-0.25, -0.2) is 9.36 Å². The molecule has 0 spiro atoms. The van der Waals surface area contributed by atoms with Crippen LogP contribution in [0.2, 0.25) is 0 Å². The Morgan fingerprint density at radius 3 is 2.63 bits per heavy atom. The van der Waals surface area contributed by atoms with Crippen molar-refractivity contribution in [1.29, 1.82) is 0 Å². The number of phosphoric acid groups is 1. The molecule has 4 atom stereocenters. The van der Waals surface area contributed by atoms with Crippen LogP contribution >= 0.6 is 31.3 Å². The lowest BCUT2D eigenvalue weighted by atomic mass is 10.2. The van der Waals surface area contributed by atoms with Gasteiger partial charge in [-0.15, -0.1) is 0 Å². The van der Waals surface area contributed by atoms with Gasteiger partial charge in [-0.3, -0.25) is 18.9 Å². The quantitative estimate of drug-likeness (QED) is 0.152. The molecule has 12 nitrogen and oxygen atoms in total. The van der Waals surface area contributed by atoms with Crippen molar-refractivity contribution in [3.8, 4) is 0 Å². The number of hydrogen-bond acceptors (Lipinski definition) is 10. The number of aromatic amines is 1. The van der Waals surface area contributed by atoms with E-state index in [0.717, 1.165) is 4.57 Å². The van der Waals surface area contributed by atoms with Crippen LogP contribution < -0.4 is 11.2 Å². The summed E-state index contributed by atoms with van der Waals surface area (Å²) in [5.41, 5.74) is -1.07. The Kier molecular flexibility index (Phi) is 10.1. The normalized spacial score (nSPS) is 23.0. The highest BCUT2D eigenvalue weighted by atomic mass is 32.2. The van der Waals surface area contributed by atoms with Crippen molar-refractivity contribution in [2.24, 2.45) is 0 Å². The van der Waals surface area contributed by atoms with Gasteiger partial charge in [0.25, 0.3) is 5.56 Å². The van der Waals surface area contributed by atoms with E-state index in [2.05, 4.69) is 9.51 Å². The van der Waals surface area contributed by atoms with Crippen LogP contribution in [0.4, 0.5) is 0 Å². The highest BCUT2D eigenvalue weighted by Crippen LogP contribution is 2.38. The Labute approximate surface area is 179 Å². The van der Waals surface area contributed by atoms with Gasteiger partial charge in [0.2, 0.25) is 0 Å². The number of phosphoric ester groups is 1. The summed E-state index contributed by atoms with van der Waals surface area (Å²) in [5.74, 6) is 1.29. The highest BCUT2D eigenvalue weighted by Gasteiger charge is 2.37. The van der Waals surface area contributed by atoms with E-state index >= 15 is 0 Å². The molecule has 2 rings (SSSR count). The fourth-order valence-electron chi connectivity index (χ4n) is 2.83. The molecule has 0 amide bonds. The minimum Gasteiger partial charge on any atom is -0.396 e. The topological polar surface area (TPSA) is 192 Å². The first kappa shape index (κ1) is 25.6. The SMILES string of the molecule is O=c1[nH]c(=O)n([C@H]2C[C@H](O)[C@@H](COP(=O)(O)O)O2)cc1[C@@H](CSCCO)SCCO. The van der Waals surface area contributed by atoms with E-state index in [0.29, 0.717) is 17.3 Å². The van der Waals surface area contributed by atoms with Crippen LogP contribution in [0.3, 0.4) is 0 Å². The van der Waals surface area contributed by atoms with Crippen molar-refractivity contribution < 1.29 is 38.9 Å². The van der Waals surface area contributed by atoms with Crippen LogP contribution in [0.25, 0.3) is 0 Å². The molecule has 1 aromatic heterocycles. The van der Waals surface area contributed by atoms with Crippen molar-refractivity contribution in [3.05, 3.63) is 32.6 Å². The molecule has 30 heavy (non-hydrogen) atoms. The maximum atomic E-state index is 12.4. The number of nitrogens with one attached hydrogen (secondary N) is 1. The van der Waals surface area contributed by atoms with Crippen LogP contribution in [-0.2, 0) is 13.8 Å². The Morgan fingerprint density at radius 1 is 1.30 bits per heavy atom. The molecule has 0 saturated carbocycles. The molecule has 1 fully saturated rings. The molecule has 0 aliphatic carbocycles. The molecule has 0 unspecified atom stereocenters. The molecule has 2 heterocycles. The number of thioether (sulfide) groups is 2. The first-order chi connectivity index (χ1) is 14.2. The molecule has 1 aliphatic rings. The minimum atomic E-state index is -4.75. The van der Waals surface area contributed by atoms with Crippen LogP contribution in [0.1, 0.15) is 23.5 Å². The molecule has 0 radical (unpaired) electrons. The molecule has 172 valence electrons. The largest absolute Gasteiger partial charge is 0.469 e. The van der Waals surface area contributed by atoms with Crippen LogP contribution in [0.15, 0.2) is 15.8 Å². The number of rotatable bonds is 12. The van der Waals surface area contributed by atoms with Crippen molar-refractivity contribution in [3.63, 3.8) is 0 Å². The zero-order valence-electron chi connectivity index (χ0n) is 15.8. The van der Waals surface area contributed by atoms with Gasteiger partial charge in [-0.2, -0.15) is 23.5 Å². The second kappa shape index (κ2) is 11.8. The molecule has 15 heteroatoms. The maximum Gasteiger partial charge on any atom is 0.469 e. The van der Waals surface area contributed by atoms with Crippen molar-refractivity contribution in [1.82, 2.24) is 9.55 Å². The van der Waals surface area contributed by atoms with E-state index in [9.17, 15) is 19.3 Å². The maximum absolute atomic E-state index is 12.4. The van der Waals surface area contributed by atoms with E-state index in [4.69, 9.17) is 24.7 Å². The third-order valence-corrected chi connectivity index (χ3v) is 7.16. The zero-order valence-corrected chi connectivity index (χ0v) is 18.4. The fraction of sp³-hybridized carbons (Fsp3) is 0.733. The van der Waals surface area contributed by atoms with Crippen LogP contribution in [0, 0.1) is 0 Å². The van der Waals surface area contributed by atoms with E-state index in [1.165, 1.54) is 29.7 Å². The van der Waals surface area contributed by atoms with Crippen LogP contribution in [-0.4, -0.2) is 83.9 Å². The van der Waals surface area contributed by atoms with Gasteiger partial charge in [0.1, 0.15) is 12.3 Å². The van der Waals surface area contributed by atoms with Gasteiger partial charge in [0.05, 0.1) is 25.9 Å². The molecular weight excluding hydrogens is 463 g/mol. The predicted molar refractivity (Wildman–Crippen MR) is 111 cm³/mol. The predicted octanol–water partition coefficient (Wildman–Crippen LogP) is -1.21. The summed E-state index contributed by atoms with van der Waals surface area (Å²) in [4.78, 5) is 44.5. The number of aliphatic hydroxyl groups is 3. The Hall–Kier alpha value is -0.670. The molecule has 0 aromatic carbocycles. The average Bonchev–Trinajstić information content (AvgIpc) is 3.03. The van der Waals surface area contributed by atoms with Gasteiger partial charge < -0.3 is 29.8 Å². The summed E-state index contributed by atoms with van der Waals surface area (Å²) in [6.07, 6.45) is -1.89. The zero-order chi connectivity index (χ0) is 22.3. The standard InChI is InChI=1S/C15H25N2O10PS2/c18-1-3-29-8-12(30-4-2-19)9-6-17(15(22)16-14(9)21)13-5-10(20)11(27-13)7-26-28(23,24)25/h6,10-13,18-20H,1-5,7-8H2,(H,16,21,22)(H2,23,24,25)/t10-,11+,12+,13+/m0/s1. The van der Waals surface area contributed by atoms with Crippen molar-refractivity contribution in [2.75, 3.05) is 37.1 Å². The molecule has 6 N–H and O–H groups in total. The molecule has 1 aliphatic heterocycles. The molecule has 1 aromatic rings. The lowest BCUT2D eigenvalue weighted by Gasteiger charge is -2.19. The highest BCUT2D eigenvalue weighted by molar-refractivity contribution is 8.03. The van der Waals surface area contributed by atoms with Gasteiger partial charge in [0, 0.05) is 40.7 Å². The lowest BCUT2D eigenvalue weighted by molar-refractivity contribution is -0.0451. The number of ether oxygens (including phenoxy) is 1. The van der Waals surface area contributed by atoms with Gasteiger partial charge in [0.15, 0.2) is 0 Å². The average molecular weight is 488 g/mol. The number of hydrogen-bond donors (Lipinski definition) is 6. The van der Waals surface area contributed by atoms with E-state index in [-0.39, 0.29) is 30.4 Å². The number of nitrogens with zero attached hydrogens (tertiary/aromatic N) is 1. The van der Waals surface area contributed by atoms with E-state index in [1.807, 2.05) is 0 Å². The van der Waals surface area contributed by atoms with Crippen LogP contribution in [0.5, 0.6) is 0 Å². The first-order valence-corrected chi connectivity index (χ1v) is 12.7. The number of aromatic nitrogens is 2. The summed E-state index contributed by atoms with van der Waals surface area (Å²) >= 11 is 2.74. The summed E-state index contributed by atoms with van der Waals surface area (Å²) < 4.78 is 21.9. The Bertz CT molecular complexity index is 843. The third kappa shape index (κ3) is 7.48. The third-order valence-electron chi connectivity index (χ3n) is 4.18. The fourth-order valence-corrected chi connectivity index (χ4v) is 5.27. The number of aliphatic hydroxyl groups excluding tert-OH is 3. The first-order valence-electron chi connectivity index (χ1n) is 8.96. The van der Waals surface area contributed by atoms with E-state index < -0.39 is 44.1 Å². The second-order valence-electron chi connectivity index (χ2n) is 6.35. The van der Waals surface area contributed by atoms with Gasteiger partial charge >= 0.3 is 13.5 Å². The summed E-state index contributed by atoms with van der Waals surface area (Å²) in [6.45, 7) is -0.688. The monoisotopic (exact) mass is 488 g/mol. The van der Waals surface area contributed by atoms with Gasteiger partial charge in [-0.1, -0.05) is 0 Å². The molecular formula is C15H25N2O10PS2. The summed E-state index contributed by atoms with van der Waals surface area (Å²) in [7, 11) is -4.75. The lowest BCUT2D eigenvalue weighted by Crippen LogP contribution is -2.35.